The lowest BCUT2D eigenvalue weighted by Crippen LogP contribution is -2.41. The van der Waals surface area contributed by atoms with E-state index in [2.05, 4.69) is 11.9 Å². The van der Waals surface area contributed by atoms with Crippen molar-refractivity contribution in [2.75, 3.05) is 19.7 Å². The van der Waals surface area contributed by atoms with E-state index >= 15 is 0 Å². The highest BCUT2D eigenvalue weighted by atomic mass is 16.5. The van der Waals surface area contributed by atoms with E-state index in [0.717, 1.165) is 29.5 Å². The molecular formula is C19H25N3O3. The van der Waals surface area contributed by atoms with E-state index in [0.29, 0.717) is 38.2 Å². The molecule has 0 saturated carbocycles. The highest BCUT2D eigenvalue weighted by Crippen LogP contribution is 2.24. The lowest BCUT2D eigenvalue weighted by atomic mass is 9.96. The quantitative estimate of drug-likeness (QED) is 0.790. The second kappa shape index (κ2) is 7.59. The monoisotopic (exact) mass is 343 g/mol. The van der Waals surface area contributed by atoms with Crippen molar-refractivity contribution >= 4 is 22.7 Å². The van der Waals surface area contributed by atoms with Gasteiger partial charge < -0.3 is 20.4 Å². The summed E-state index contributed by atoms with van der Waals surface area (Å²) in [6, 6.07) is 7.69. The number of piperidine rings is 1. The smallest absolute Gasteiger partial charge is 0.270 e. The number of nitrogens with one attached hydrogen (secondary N) is 1. The van der Waals surface area contributed by atoms with E-state index in [1.165, 1.54) is 0 Å². The van der Waals surface area contributed by atoms with Crippen molar-refractivity contribution in [3.8, 4) is 5.75 Å². The molecule has 134 valence electrons. The van der Waals surface area contributed by atoms with E-state index in [9.17, 15) is 9.59 Å². The molecule has 3 N–H and O–H groups in total. The van der Waals surface area contributed by atoms with Gasteiger partial charge in [-0.05, 0) is 37.5 Å². The Morgan fingerprint density at radius 3 is 2.72 bits per heavy atom. The molecule has 2 aromatic rings. The summed E-state index contributed by atoms with van der Waals surface area (Å²) in [5.41, 5.74) is 6.81. The van der Waals surface area contributed by atoms with Gasteiger partial charge in [0.15, 0.2) is 0 Å². The summed E-state index contributed by atoms with van der Waals surface area (Å²) >= 11 is 0. The fourth-order valence-electron chi connectivity index (χ4n) is 3.18. The predicted molar refractivity (Wildman–Crippen MR) is 96.5 cm³/mol. The Morgan fingerprint density at radius 2 is 2.04 bits per heavy atom. The minimum absolute atomic E-state index is 0.0347. The molecular weight excluding hydrogens is 318 g/mol. The average Bonchev–Trinajstić information content (AvgIpc) is 3.04. The Morgan fingerprint density at radius 1 is 1.28 bits per heavy atom. The first-order chi connectivity index (χ1) is 12.1. The summed E-state index contributed by atoms with van der Waals surface area (Å²) in [4.78, 5) is 28.9. The Kier molecular flexibility index (Phi) is 5.26. The number of fused-ring (bicyclic) bond motifs is 1. The predicted octanol–water partition coefficient (Wildman–Crippen LogP) is 2.68. The van der Waals surface area contributed by atoms with Gasteiger partial charge in [0.2, 0.25) is 5.91 Å². The van der Waals surface area contributed by atoms with E-state index in [-0.39, 0.29) is 17.7 Å². The molecule has 0 atom stereocenters. The summed E-state index contributed by atoms with van der Waals surface area (Å²) in [6.07, 6.45) is 3.39. The number of nitrogens with two attached hydrogens (primary N) is 1. The zero-order chi connectivity index (χ0) is 17.8. The molecule has 0 spiro atoms. The highest BCUT2D eigenvalue weighted by Gasteiger charge is 2.27. The fourth-order valence-corrected chi connectivity index (χ4v) is 3.18. The molecule has 0 aliphatic carbocycles. The first-order valence-electron chi connectivity index (χ1n) is 8.92. The zero-order valence-electron chi connectivity index (χ0n) is 14.6. The number of ether oxygens (including phenoxy) is 1. The van der Waals surface area contributed by atoms with Crippen LogP contribution in [0.15, 0.2) is 24.3 Å². The average molecular weight is 343 g/mol. The van der Waals surface area contributed by atoms with Crippen LogP contribution in [0.2, 0.25) is 0 Å². The standard InChI is InChI=1S/C19H25N3O3/c1-2-3-10-25-15-5-4-14-11-17(21-16(14)12-15)19(24)22-8-6-13(7-9-22)18(20)23/h4-5,11-13,21H,2-3,6-10H2,1H3,(H2,20,23). The van der Waals surface area contributed by atoms with Crippen LogP contribution in [0, 0.1) is 5.92 Å². The molecule has 1 aromatic heterocycles. The number of hydrogen-bond acceptors (Lipinski definition) is 3. The van der Waals surface area contributed by atoms with Crippen molar-refractivity contribution < 1.29 is 14.3 Å². The Labute approximate surface area is 147 Å². The Bertz CT molecular complexity index is 760. The molecule has 6 nitrogen and oxygen atoms in total. The zero-order valence-corrected chi connectivity index (χ0v) is 14.6. The number of carbonyl (C=O) groups excluding carboxylic acids is 2. The maximum atomic E-state index is 12.7. The number of rotatable bonds is 6. The molecule has 25 heavy (non-hydrogen) atoms. The lowest BCUT2D eigenvalue weighted by Gasteiger charge is -2.30. The molecule has 1 aliphatic heterocycles. The van der Waals surface area contributed by atoms with Gasteiger partial charge in [-0.1, -0.05) is 13.3 Å². The van der Waals surface area contributed by atoms with Crippen LogP contribution in [0.4, 0.5) is 0 Å². The number of benzene rings is 1. The third kappa shape index (κ3) is 3.95. The molecule has 6 heteroatoms. The molecule has 1 fully saturated rings. The largest absolute Gasteiger partial charge is 0.494 e. The number of unbranched alkanes of at least 4 members (excludes halogenated alkanes) is 1. The number of H-pyrrole nitrogens is 1. The summed E-state index contributed by atoms with van der Waals surface area (Å²) < 4.78 is 5.72. The number of amides is 2. The molecule has 2 heterocycles. The summed E-state index contributed by atoms with van der Waals surface area (Å²) in [5.74, 6) is 0.388. The van der Waals surface area contributed by atoms with Gasteiger partial charge in [-0.15, -0.1) is 0 Å². The second-order valence-corrected chi connectivity index (χ2v) is 6.60. The van der Waals surface area contributed by atoms with Gasteiger partial charge >= 0.3 is 0 Å². The van der Waals surface area contributed by atoms with Gasteiger partial charge in [0.05, 0.1) is 6.61 Å². The molecule has 1 saturated heterocycles. The second-order valence-electron chi connectivity index (χ2n) is 6.60. The van der Waals surface area contributed by atoms with Crippen molar-refractivity contribution in [2.24, 2.45) is 11.7 Å². The number of aromatic nitrogens is 1. The van der Waals surface area contributed by atoms with Gasteiger partial charge in [0.1, 0.15) is 11.4 Å². The molecule has 0 unspecified atom stereocenters. The van der Waals surface area contributed by atoms with Crippen LogP contribution in [0.3, 0.4) is 0 Å². The van der Waals surface area contributed by atoms with Crippen LogP contribution >= 0.6 is 0 Å². The van der Waals surface area contributed by atoms with Crippen LogP contribution in [-0.2, 0) is 4.79 Å². The van der Waals surface area contributed by atoms with Crippen molar-refractivity contribution in [3.63, 3.8) is 0 Å². The van der Waals surface area contributed by atoms with Crippen molar-refractivity contribution in [1.29, 1.82) is 0 Å². The normalized spacial score (nSPS) is 15.5. The summed E-state index contributed by atoms with van der Waals surface area (Å²) in [6.45, 7) is 3.95. The topological polar surface area (TPSA) is 88.4 Å². The molecule has 1 aromatic carbocycles. The van der Waals surface area contributed by atoms with E-state index in [4.69, 9.17) is 10.5 Å². The van der Waals surface area contributed by atoms with Gasteiger partial charge in [0.25, 0.3) is 5.91 Å². The van der Waals surface area contributed by atoms with E-state index in [1.54, 1.807) is 4.90 Å². The van der Waals surface area contributed by atoms with Gasteiger partial charge in [-0.3, -0.25) is 9.59 Å². The molecule has 3 rings (SSSR count). The third-order valence-corrected chi connectivity index (χ3v) is 4.78. The van der Waals surface area contributed by atoms with Gasteiger partial charge in [-0.25, -0.2) is 0 Å². The van der Waals surface area contributed by atoms with Crippen LogP contribution in [0.5, 0.6) is 5.75 Å². The summed E-state index contributed by atoms with van der Waals surface area (Å²) in [7, 11) is 0. The molecule has 0 radical (unpaired) electrons. The maximum Gasteiger partial charge on any atom is 0.270 e. The Hall–Kier alpha value is -2.50. The SMILES string of the molecule is CCCCOc1ccc2cc(C(=O)N3CCC(C(N)=O)CC3)[nH]c2c1. The maximum absolute atomic E-state index is 12.7. The first kappa shape index (κ1) is 17.3. The number of nitrogens with zero attached hydrogens (tertiary/aromatic N) is 1. The van der Waals surface area contributed by atoms with Crippen LogP contribution < -0.4 is 10.5 Å². The third-order valence-electron chi connectivity index (χ3n) is 4.78. The molecule has 2 amide bonds. The minimum Gasteiger partial charge on any atom is -0.494 e. The number of carbonyl (C=O) groups is 2. The van der Waals surface area contributed by atoms with Gasteiger partial charge in [0, 0.05) is 36.0 Å². The lowest BCUT2D eigenvalue weighted by molar-refractivity contribution is -0.123. The minimum atomic E-state index is -0.270. The van der Waals surface area contributed by atoms with Crippen LogP contribution in [-0.4, -0.2) is 41.4 Å². The summed E-state index contributed by atoms with van der Waals surface area (Å²) in [5, 5.41) is 0.984. The van der Waals surface area contributed by atoms with Crippen LogP contribution in [0.1, 0.15) is 43.1 Å². The van der Waals surface area contributed by atoms with Crippen LogP contribution in [0.25, 0.3) is 10.9 Å². The number of primary amides is 1. The first-order valence-corrected chi connectivity index (χ1v) is 8.92. The number of hydrogen-bond donors (Lipinski definition) is 2. The van der Waals surface area contributed by atoms with Crippen molar-refractivity contribution in [3.05, 3.63) is 30.0 Å². The van der Waals surface area contributed by atoms with E-state index in [1.807, 2.05) is 24.3 Å². The van der Waals surface area contributed by atoms with Crippen molar-refractivity contribution in [1.82, 2.24) is 9.88 Å². The van der Waals surface area contributed by atoms with Crippen molar-refractivity contribution in [2.45, 2.75) is 32.6 Å². The van der Waals surface area contributed by atoms with E-state index < -0.39 is 0 Å². The molecule has 0 bridgehead atoms. The fraction of sp³-hybridized carbons (Fsp3) is 0.474. The highest BCUT2D eigenvalue weighted by molar-refractivity contribution is 5.98. The number of aromatic amines is 1. The number of likely N-dealkylation sites (tertiary alicyclic amines) is 1. The molecule has 1 aliphatic rings. The Balaban J connectivity index is 1.69. The van der Waals surface area contributed by atoms with Gasteiger partial charge in [-0.2, -0.15) is 0 Å².